The summed E-state index contributed by atoms with van der Waals surface area (Å²) in [5.41, 5.74) is 27.6. The number of hydrogen-bond donors (Lipinski definition) is 4. The largest absolute Gasteiger partial charge is 0.399 e. The molecular formula is C19H28N4. The van der Waals surface area contributed by atoms with Crippen LogP contribution in [0.4, 0.5) is 11.4 Å². The highest BCUT2D eigenvalue weighted by molar-refractivity contribution is 5.46. The summed E-state index contributed by atoms with van der Waals surface area (Å²) in [6.45, 7) is 0.745. The molecule has 4 nitrogen and oxygen atoms in total. The van der Waals surface area contributed by atoms with Crippen molar-refractivity contribution in [1.82, 2.24) is 0 Å². The van der Waals surface area contributed by atoms with Gasteiger partial charge < -0.3 is 22.9 Å². The van der Waals surface area contributed by atoms with Gasteiger partial charge in [-0.05, 0) is 54.8 Å². The SMILES string of the molecule is NCCCCCC(N)C(c1ccc(N)cc1)c1ccc(N)cc1. The topological polar surface area (TPSA) is 104 Å². The summed E-state index contributed by atoms with van der Waals surface area (Å²) in [6, 6.07) is 16.0. The van der Waals surface area contributed by atoms with Gasteiger partial charge in [-0.15, -0.1) is 0 Å². The van der Waals surface area contributed by atoms with Crippen LogP contribution in [0.2, 0.25) is 0 Å². The number of nitrogens with two attached hydrogens (primary N) is 4. The molecule has 23 heavy (non-hydrogen) atoms. The van der Waals surface area contributed by atoms with Crippen LogP contribution < -0.4 is 22.9 Å². The monoisotopic (exact) mass is 312 g/mol. The van der Waals surface area contributed by atoms with Gasteiger partial charge in [0.1, 0.15) is 0 Å². The van der Waals surface area contributed by atoms with Crippen LogP contribution in [0.5, 0.6) is 0 Å². The van der Waals surface area contributed by atoms with Crippen LogP contribution in [0.1, 0.15) is 42.7 Å². The van der Waals surface area contributed by atoms with E-state index in [0.29, 0.717) is 0 Å². The fourth-order valence-electron chi connectivity index (χ4n) is 2.96. The molecule has 2 rings (SSSR count). The van der Waals surface area contributed by atoms with Gasteiger partial charge in [0.15, 0.2) is 0 Å². The zero-order chi connectivity index (χ0) is 16.7. The third kappa shape index (κ3) is 4.98. The molecule has 0 amide bonds. The second-order valence-electron chi connectivity index (χ2n) is 6.11. The molecule has 1 atom stereocenters. The third-order valence-corrected chi connectivity index (χ3v) is 4.26. The van der Waals surface area contributed by atoms with Crippen LogP contribution in [0, 0.1) is 0 Å². The Kier molecular flexibility index (Phi) is 6.44. The first-order chi connectivity index (χ1) is 11.1. The molecule has 0 bridgehead atoms. The Morgan fingerprint density at radius 3 is 1.61 bits per heavy atom. The van der Waals surface area contributed by atoms with E-state index in [9.17, 15) is 0 Å². The highest BCUT2D eigenvalue weighted by Crippen LogP contribution is 2.30. The highest BCUT2D eigenvalue weighted by Gasteiger charge is 2.21. The normalized spacial score (nSPS) is 12.5. The maximum atomic E-state index is 6.55. The van der Waals surface area contributed by atoms with E-state index in [1.54, 1.807) is 0 Å². The average molecular weight is 312 g/mol. The van der Waals surface area contributed by atoms with Crippen molar-refractivity contribution >= 4 is 11.4 Å². The number of unbranched alkanes of at least 4 members (excludes halogenated alkanes) is 2. The molecular weight excluding hydrogens is 284 g/mol. The Labute approximate surface area is 138 Å². The van der Waals surface area contributed by atoms with E-state index in [2.05, 4.69) is 24.3 Å². The summed E-state index contributed by atoms with van der Waals surface area (Å²) < 4.78 is 0. The van der Waals surface area contributed by atoms with E-state index < -0.39 is 0 Å². The molecule has 8 N–H and O–H groups in total. The van der Waals surface area contributed by atoms with Crippen molar-refractivity contribution in [3.63, 3.8) is 0 Å². The lowest BCUT2D eigenvalue weighted by atomic mass is 9.83. The van der Waals surface area contributed by atoms with Crippen LogP contribution in [0.3, 0.4) is 0 Å². The molecule has 4 heteroatoms. The fraction of sp³-hybridized carbons (Fsp3) is 0.368. The Morgan fingerprint density at radius 1 is 0.696 bits per heavy atom. The van der Waals surface area contributed by atoms with Gasteiger partial charge in [-0.25, -0.2) is 0 Å². The van der Waals surface area contributed by atoms with Crippen molar-refractivity contribution in [2.45, 2.75) is 37.6 Å². The lowest BCUT2D eigenvalue weighted by molar-refractivity contribution is 0.512. The minimum atomic E-state index is 0.0556. The zero-order valence-corrected chi connectivity index (χ0v) is 13.6. The van der Waals surface area contributed by atoms with Crippen molar-refractivity contribution in [2.75, 3.05) is 18.0 Å². The van der Waals surface area contributed by atoms with Gasteiger partial charge in [0.2, 0.25) is 0 Å². The predicted molar refractivity (Wildman–Crippen MR) is 99.0 cm³/mol. The van der Waals surface area contributed by atoms with Crippen molar-refractivity contribution < 1.29 is 0 Å². The second kappa shape index (κ2) is 8.56. The van der Waals surface area contributed by atoms with Crippen molar-refractivity contribution in [1.29, 1.82) is 0 Å². The number of nitrogen functional groups attached to an aromatic ring is 2. The van der Waals surface area contributed by atoms with E-state index in [1.807, 2.05) is 24.3 Å². The molecule has 0 aliphatic rings. The van der Waals surface area contributed by atoms with E-state index >= 15 is 0 Å². The maximum Gasteiger partial charge on any atom is 0.0314 e. The molecule has 0 aliphatic heterocycles. The summed E-state index contributed by atoms with van der Waals surface area (Å²) >= 11 is 0. The van der Waals surface area contributed by atoms with Gasteiger partial charge in [-0.2, -0.15) is 0 Å². The molecule has 2 aromatic rings. The molecule has 1 unspecified atom stereocenters. The van der Waals surface area contributed by atoms with Gasteiger partial charge in [-0.1, -0.05) is 37.1 Å². The minimum Gasteiger partial charge on any atom is -0.399 e. The summed E-state index contributed by atoms with van der Waals surface area (Å²) in [7, 11) is 0. The Bertz CT molecular complexity index is 532. The molecule has 0 saturated heterocycles. The lowest BCUT2D eigenvalue weighted by Crippen LogP contribution is -2.29. The second-order valence-corrected chi connectivity index (χ2v) is 6.11. The van der Waals surface area contributed by atoms with Crippen LogP contribution in [0.15, 0.2) is 48.5 Å². The fourth-order valence-corrected chi connectivity index (χ4v) is 2.96. The van der Waals surface area contributed by atoms with Crippen LogP contribution in [0.25, 0.3) is 0 Å². The zero-order valence-electron chi connectivity index (χ0n) is 13.6. The van der Waals surface area contributed by atoms with Crippen LogP contribution in [-0.2, 0) is 0 Å². The molecule has 0 heterocycles. The number of hydrogen-bond acceptors (Lipinski definition) is 4. The number of anilines is 2. The van der Waals surface area contributed by atoms with Gasteiger partial charge in [0.25, 0.3) is 0 Å². The maximum absolute atomic E-state index is 6.55. The molecule has 2 aromatic carbocycles. The van der Waals surface area contributed by atoms with Gasteiger partial charge in [0, 0.05) is 23.3 Å². The van der Waals surface area contributed by atoms with E-state index in [0.717, 1.165) is 43.6 Å². The molecule has 0 fully saturated rings. The summed E-state index contributed by atoms with van der Waals surface area (Å²) in [5.74, 6) is 0.147. The van der Waals surface area contributed by atoms with Crippen molar-refractivity contribution in [3.8, 4) is 0 Å². The van der Waals surface area contributed by atoms with Gasteiger partial charge in [0.05, 0.1) is 0 Å². The van der Waals surface area contributed by atoms with E-state index in [-0.39, 0.29) is 12.0 Å². The molecule has 0 saturated carbocycles. The minimum absolute atomic E-state index is 0.0556. The molecule has 124 valence electrons. The van der Waals surface area contributed by atoms with Crippen LogP contribution in [-0.4, -0.2) is 12.6 Å². The van der Waals surface area contributed by atoms with E-state index in [1.165, 1.54) is 11.1 Å². The van der Waals surface area contributed by atoms with Crippen molar-refractivity contribution in [3.05, 3.63) is 59.7 Å². The first-order valence-corrected chi connectivity index (χ1v) is 8.28. The summed E-state index contributed by atoms with van der Waals surface area (Å²) in [5, 5.41) is 0. The first-order valence-electron chi connectivity index (χ1n) is 8.28. The molecule has 0 spiro atoms. The molecule has 0 radical (unpaired) electrons. The first kappa shape index (κ1) is 17.3. The Morgan fingerprint density at radius 2 is 1.17 bits per heavy atom. The molecule has 0 aromatic heterocycles. The third-order valence-electron chi connectivity index (χ3n) is 4.26. The predicted octanol–water partition coefficient (Wildman–Crippen LogP) is 2.83. The molecule has 0 aliphatic carbocycles. The smallest absolute Gasteiger partial charge is 0.0314 e. The number of benzene rings is 2. The van der Waals surface area contributed by atoms with Crippen LogP contribution >= 0.6 is 0 Å². The van der Waals surface area contributed by atoms with E-state index in [4.69, 9.17) is 22.9 Å². The Hall–Kier alpha value is -2.04. The lowest BCUT2D eigenvalue weighted by Gasteiger charge is -2.25. The number of rotatable bonds is 8. The quantitative estimate of drug-likeness (QED) is 0.444. The van der Waals surface area contributed by atoms with Gasteiger partial charge in [-0.3, -0.25) is 0 Å². The van der Waals surface area contributed by atoms with Crippen molar-refractivity contribution in [2.24, 2.45) is 11.5 Å². The average Bonchev–Trinajstić information content (AvgIpc) is 2.55. The van der Waals surface area contributed by atoms with Gasteiger partial charge >= 0.3 is 0 Å². The summed E-state index contributed by atoms with van der Waals surface area (Å²) in [4.78, 5) is 0. The Balaban J connectivity index is 2.20. The summed E-state index contributed by atoms with van der Waals surface area (Å²) in [6.07, 6.45) is 4.25. The highest BCUT2D eigenvalue weighted by atomic mass is 14.7. The standard InChI is InChI=1S/C19H28N4/c20-13-3-1-2-4-18(23)19(14-5-9-16(21)10-6-14)15-7-11-17(22)12-8-15/h5-12,18-19H,1-4,13,20-23H2.